The van der Waals surface area contributed by atoms with Crippen LogP contribution in [0.2, 0.25) is 0 Å². The molecule has 26 heavy (non-hydrogen) atoms. The van der Waals surface area contributed by atoms with Crippen molar-refractivity contribution in [3.63, 3.8) is 0 Å². The Morgan fingerprint density at radius 1 is 0.462 bits per heavy atom. The monoisotopic (exact) mass is 358 g/mol. The predicted octanol–water partition coefficient (Wildman–Crippen LogP) is 8.68. The molecule has 0 atom stereocenters. The molecule has 0 unspecified atom stereocenters. The van der Waals surface area contributed by atoms with E-state index in [0.717, 1.165) is 28.6 Å². The molecular weight excluding hydrogens is 312 g/mol. The maximum atomic E-state index is 2.81. The minimum absolute atomic E-state index is 0.730. The van der Waals surface area contributed by atoms with Crippen LogP contribution in [0.3, 0.4) is 0 Å². The molecule has 0 amide bonds. The zero-order chi connectivity index (χ0) is 17.9. The second-order valence-corrected chi connectivity index (χ2v) is 11.0. The van der Waals surface area contributed by atoms with Gasteiger partial charge in [-0.2, -0.15) is 0 Å². The first kappa shape index (κ1) is 19.3. The second-order valence-electron chi connectivity index (χ2n) is 11.0. The van der Waals surface area contributed by atoms with E-state index >= 15 is 0 Å². The summed E-state index contributed by atoms with van der Waals surface area (Å²) < 4.78 is 0. The lowest BCUT2D eigenvalue weighted by Gasteiger charge is -2.60. The predicted molar refractivity (Wildman–Crippen MR) is 113 cm³/mol. The number of rotatable bonds is 4. The summed E-state index contributed by atoms with van der Waals surface area (Å²) in [6.07, 6.45) is 31.1. The topological polar surface area (TPSA) is 0 Å². The van der Waals surface area contributed by atoms with Gasteiger partial charge in [-0.05, 0) is 80.0 Å². The van der Waals surface area contributed by atoms with Crippen LogP contribution in [0, 0.1) is 28.6 Å². The van der Waals surface area contributed by atoms with Gasteiger partial charge >= 0.3 is 0 Å². The van der Waals surface area contributed by atoms with Crippen molar-refractivity contribution in [2.75, 3.05) is 0 Å². The summed E-state index contributed by atoms with van der Waals surface area (Å²) in [7, 11) is 0. The molecule has 0 saturated heterocycles. The molecule has 0 spiro atoms. The lowest BCUT2D eigenvalue weighted by Crippen LogP contribution is -2.51. The molecule has 4 aliphatic carbocycles. The molecule has 0 heterocycles. The third-order valence-electron chi connectivity index (χ3n) is 10.1. The average molecular weight is 359 g/mol. The van der Waals surface area contributed by atoms with Crippen LogP contribution in [0.5, 0.6) is 0 Å². The zero-order valence-corrected chi connectivity index (χ0v) is 17.9. The molecule has 0 bridgehead atoms. The Morgan fingerprint density at radius 2 is 0.769 bits per heavy atom. The fourth-order valence-electron chi connectivity index (χ4n) is 8.74. The molecule has 0 aromatic carbocycles. The molecule has 4 saturated carbocycles. The van der Waals surface area contributed by atoms with Crippen LogP contribution in [0.4, 0.5) is 0 Å². The lowest BCUT2D eigenvalue weighted by molar-refractivity contribution is -0.102. The quantitative estimate of drug-likeness (QED) is 0.471. The van der Waals surface area contributed by atoms with Crippen molar-refractivity contribution in [1.82, 2.24) is 0 Å². The summed E-state index contributed by atoms with van der Waals surface area (Å²) in [6.45, 7) is 2.81. The van der Waals surface area contributed by atoms with Gasteiger partial charge < -0.3 is 0 Å². The summed E-state index contributed by atoms with van der Waals surface area (Å²) in [5, 5.41) is 0. The Bertz CT molecular complexity index is 371. The van der Waals surface area contributed by atoms with E-state index in [-0.39, 0.29) is 0 Å². The number of hydrogen-bond donors (Lipinski definition) is 0. The van der Waals surface area contributed by atoms with Crippen molar-refractivity contribution < 1.29 is 0 Å². The van der Waals surface area contributed by atoms with E-state index < -0.39 is 0 Å². The second kappa shape index (κ2) is 8.57. The van der Waals surface area contributed by atoms with Crippen LogP contribution in [0.25, 0.3) is 0 Å². The highest BCUT2D eigenvalue weighted by Crippen LogP contribution is 2.63. The Kier molecular flexibility index (Phi) is 6.37. The number of hydrogen-bond acceptors (Lipinski definition) is 0. The standard InChI is InChI=1S/C26H46/c1-22(25(18-10-4-11-19-25)23-14-6-2-7-15-23)26(20-12-5-13-21-26)24-16-8-3-9-17-24/h22-24H,2-21H2,1H3. The molecule has 150 valence electrons. The third kappa shape index (κ3) is 3.53. The normalized spacial score (nSPS) is 31.2. The van der Waals surface area contributed by atoms with E-state index in [0.29, 0.717) is 0 Å². The van der Waals surface area contributed by atoms with Crippen LogP contribution in [0.1, 0.15) is 135 Å². The molecular formula is C26H46. The van der Waals surface area contributed by atoms with E-state index in [1.807, 2.05) is 0 Å². The van der Waals surface area contributed by atoms with Crippen molar-refractivity contribution in [2.24, 2.45) is 28.6 Å². The van der Waals surface area contributed by atoms with Crippen LogP contribution in [0.15, 0.2) is 0 Å². The van der Waals surface area contributed by atoms with Crippen LogP contribution in [-0.2, 0) is 0 Å². The van der Waals surface area contributed by atoms with Crippen molar-refractivity contribution in [3.05, 3.63) is 0 Å². The summed E-state index contributed by atoms with van der Waals surface area (Å²) >= 11 is 0. The molecule has 0 nitrogen and oxygen atoms in total. The van der Waals surface area contributed by atoms with Gasteiger partial charge in [0.1, 0.15) is 0 Å². The first-order valence-electron chi connectivity index (χ1n) is 12.8. The van der Waals surface area contributed by atoms with Gasteiger partial charge in [0.25, 0.3) is 0 Å². The van der Waals surface area contributed by atoms with E-state index in [4.69, 9.17) is 0 Å². The largest absolute Gasteiger partial charge is 0.0614 e. The van der Waals surface area contributed by atoms with Crippen LogP contribution < -0.4 is 0 Å². The summed E-state index contributed by atoms with van der Waals surface area (Å²) in [5.41, 5.74) is 1.46. The fraction of sp³-hybridized carbons (Fsp3) is 1.00. The summed E-state index contributed by atoms with van der Waals surface area (Å²) in [4.78, 5) is 0. The van der Waals surface area contributed by atoms with Gasteiger partial charge in [0.15, 0.2) is 0 Å². The van der Waals surface area contributed by atoms with Gasteiger partial charge in [0, 0.05) is 0 Å². The van der Waals surface area contributed by atoms with Gasteiger partial charge in [-0.3, -0.25) is 0 Å². The van der Waals surface area contributed by atoms with Crippen molar-refractivity contribution in [1.29, 1.82) is 0 Å². The van der Waals surface area contributed by atoms with E-state index in [1.165, 1.54) is 51.4 Å². The molecule has 4 fully saturated rings. The van der Waals surface area contributed by atoms with Crippen molar-refractivity contribution >= 4 is 0 Å². The van der Waals surface area contributed by atoms with E-state index in [1.54, 1.807) is 77.0 Å². The minimum Gasteiger partial charge on any atom is -0.0614 e. The average Bonchev–Trinajstić information content (AvgIpc) is 2.75. The van der Waals surface area contributed by atoms with Gasteiger partial charge in [0.05, 0.1) is 0 Å². The first-order chi connectivity index (χ1) is 12.8. The Balaban J connectivity index is 1.65. The van der Waals surface area contributed by atoms with Crippen LogP contribution >= 0.6 is 0 Å². The molecule has 4 rings (SSSR count). The zero-order valence-electron chi connectivity index (χ0n) is 17.9. The highest BCUT2D eigenvalue weighted by molar-refractivity contribution is 5.04. The van der Waals surface area contributed by atoms with Gasteiger partial charge in [0.2, 0.25) is 0 Å². The maximum Gasteiger partial charge on any atom is -0.0238 e. The highest BCUT2D eigenvalue weighted by Gasteiger charge is 2.54. The Morgan fingerprint density at radius 3 is 1.12 bits per heavy atom. The maximum absolute atomic E-state index is 2.81. The van der Waals surface area contributed by atoms with Crippen molar-refractivity contribution in [2.45, 2.75) is 135 Å². The van der Waals surface area contributed by atoms with Gasteiger partial charge in [-0.1, -0.05) is 84.0 Å². The molecule has 0 aliphatic heterocycles. The third-order valence-corrected chi connectivity index (χ3v) is 10.1. The molecule has 0 radical (unpaired) electrons. The van der Waals surface area contributed by atoms with Gasteiger partial charge in [-0.25, -0.2) is 0 Å². The highest BCUT2D eigenvalue weighted by atomic mass is 14.6. The first-order valence-corrected chi connectivity index (χ1v) is 12.8. The van der Waals surface area contributed by atoms with E-state index in [2.05, 4.69) is 6.92 Å². The molecule has 0 aromatic rings. The fourth-order valence-corrected chi connectivity index (χ4v) is 8.74. The van der Waals surface area contributed by atoms with Gasteiger partial charge in [-0.15, -0.1) is 0 Å². The SMILES string of the molecule is CC(C1(C2CCCCC2)CCCCC1)C1(C2CCCCC2)CCCCC1. The lowest BCUT2D eigenvalue weighted by atomic mass is 9.45. The minimum atomic E-state index is 0.730. The summed E-state index contributed by atoms with van der Waals surface area (Å²) in [5.74, 6) is 3.16. The molecule has 4 aliphatic rings. The summed E-state index contributed by atoms with van der Waals surface area (Å²) in [6, 6.07) is 0. The molecule has 0 heteroatoms. The Labute approximate surface area is 164 Å². The Hall–Kier alpha value is 0. The van der Waals surface area contributed by atoms with Crippen molar-refractivity contribution in [3.8, 4) is 0 Å². The van der Waals surface area contributed by atoms with E-state index in [9.17, 15) is 0 Å². The molecule has 0 N–H and O–H groups in total. The smallest absolute Gasteiger partial charge is 0.0238 e. The molecule has 0 aromatic heterocycles. The van der Waals surface area contributed by atoms with Crippen LogP contribution in [-0.4, -0.2) is 0 Å².